The van der Waals surface area contributed by atoms with Crippen LogP contribution in [0.15, 0.2) is 30.3 Å². The summed E-state index contributed by atoms with van der Waals surface area (Å²) >= 11 is 4.64. The first-order valence-corrected chi connectivity index (χ1v) is 19.3. The standard InChI is InChI=1S/C12H26N4O3.C11H16N2O2.C8H15NO3.C4H11N3O.C2H3ClO.CH4O.CH4.B.Na.H/c1-12(2,3)19-11(18)16(4)9-8-14-6-5-7-15-10(13)17;12-7-4-8-13-11(14)15-9-10-5-2-1-3-6-10;1-8(2,3)12-7(11)9(4)5-6-10;5-2-1-3-7-4(6)8;1-2(3)4;1-2;;;;/h14H,5-9H2,1-4H3,(H3,13,15,17);1-3,5-6H,4,7-9,12H2,(H,13,14);6H,5H2,1-4H3;1-3,5H2,(H3,6,7,8);1H3;2H,1H3;1H4;;;/q;;;;;;;;+1;-1. The maximum Gasteiger partial charge on any atom is 1.00 e. The Labute approximate surface area is 406 Å². The van der Waals surface area contributed by atoms with Crippen LogP contribution in [0.4, 0.5) is 24.0 Å². The van der Waals surface area contributed by atoms with E-state index in [1.54, 1.807) is 27.8 Å². The monoisotopic (exact) mass is 934 g/mol. The van der Waals surface area contributed by atoms with Crippen molar-refractivity contribution < 1.29 is 83.9 Å². The Kier molecular flexibility index (Phi) is 61.5. The van der Waals surface area contributed by atoms with Gasteiger partial charge in [0.25, 0.3) is 0 Å². The van der Waals surface area contributed by atoms with Crippen LogP contribution in [-0.4, -0.2) is 156 Å². The van der Waals surface area contributed by atoms with E-state index in [1.807, 2.05) is 51.1 Å². The molecule has 7 amide bonds. The number of aliphatic hydroxyl groups excluding tert-OH is 1. The molecule has 0 fully saturated rings. The number of primary amides is 2. The number of likely N-dealkylation sites (N-methyl/N-ethyl adjacent to an activating group) is 2. The van der Waals surface area contributed by atoms with Gasteiger partial charge in [0.2, 0.25) is 5.24 Å². The maximum absolute atomic E-state index is 11.6. The van der Waals surface area contributed by atoms with Crippen molar-refractivity contribution in [1.29, 1.82) is 0 Å². The van der Waals surface area contributed by atoms with Crippen molar-refractivity contribution in [3.8, 4) is 0 Å². The van der Waals surface area contributed by atoms with Crippen LogP contribution < -0.4 is 73.8 Å². The molecule has 0 saturated carbocycles. The van der Waals surface area contributed by atoms with E-state index in [1.165, 1.54) is 23.8 Å². The molecule has 13 N–H and O–H groups in total. The fraction of sp³-hybridized carbons (Fsp3) is 0.667. The minimum Gasteiger partial charge on any atom is -1.00 e. The van der Waals surface area contributed by atoms with Crippen molar-refractivity contribution in [3.05, 3.63) is 35.9 Å². The van der Waals surface area contributed by atoms with Crippen molar-refractivity contribution in [3.63, 3.8) is 0 Å². The molecule has 0 atom stereocenters. The molecular weight excluding hydrogens is 854 g/mol. The second-order valence-corrected chi connectivity index (χ2v) is 14.4. The van der Waals surface area contributed by atoms with E-state index in [4.69, 9.17) is 42.3 Å². The minimum atomic E-state index is -0.510. The van der Waals surface area contributed by atoms with Gasteiger partial charge in [-0.3, -0.25) is 4.79 Å². The predicted octanol–water partition coefficient (Wildman–Crippen LogP) is -0.429. The van der Waals surface area contributed by atoms with Crippen LogP contribution in [0.25, 0.3) is 0 Å². The number of alkyl carbamates (subject to hydrolysis) is 1. The first-order valence-electron chi connectivity index (χ1n) is 19.0. The number of nitrogens with one attached hydrogen (secondary N) is 4. The Balaban J connectivity index is -0.0000000871. The van der Waals surface area contributed by atoms with Gasteiger partial charge in [0.15, 0.2) is 0 Å². The molecule has 63 heavy (non-hydrogen) atoms. The molecule has 0 aliphatic heterocycles. The van der Waals surface area contributed by atoms with E-state index < -0.39 is 35.5 Å². The number of amides is 7. The average molecular weight is 934 g/mol. The van der Waals surface area contributed by atoms with Gasteiger partial charge in [-0.05, 0) is 97.6 Å². The van der Waals surface area contributed by atoms with Crippen LogP contribution in [0, 0.1) is 0 Å². The van der Waals surface area contributed by atoms with Crippen LogP contribution in [0.2, 0.25) is 0 Å². The first kappa shape index (κ1) is 76.4. The largest absolute Gasteiger partial charge is 1.00 e. The number of carbonyl (C=O) groups is 7. The summed E-state index contributed by atoms with van der Waals surface area (Å²) in [5.41, 5.74) is 20.1. The van der Waals surface area contributed by atoms with Crippen molar-refractivity contribution in [2.45, 2.75) is 93.0 Å². The number of nitrogens with zero attached hydrogens (tertiary/aromatic N) is 2. The van der Waals surface area contributed by atoms with Crippen LogP contribution in [-0.2, 0) is 30.4 Å². The second kappa shape index (κ2) is 50.7. The zero-order valence-corrected chi connectivity index (χ0v) is 41.6. The fourth-order valence-electron chi connectivity index (χ4n) is 3.13. The summed E-state index contributed by atoms with van der Waals surface area (Å²) in [6.45, 7) is 17.3. The summed E-state index contributed by atoms with van der Waals surface area (Å²) in [5.74, 6) is 0. The number of aldehydes is 1. The van der Waals surface area contributed by atoms with Crippen molar-refractivity contribution in [2.24, 2.45) is 22.9 Å². The molecule has 0 heterocycles. The molecule has 21 nitrogen and oxygen atoms in total. The van der Waals surface area contributed by atoms with Gasteiger partial charge in [-0.25, -0.2) is 24.0 Å². The smallest absolute Gasteiger partial charge is 1.00 e. The number of rotatable bonds is 17. The van der Waals surface area contributed by atoms with E-state index in [0.717, 1.165) is 38.5 Å². The molecule has 24 heteroatoms. The van der Waals surface area contributed by atoms with Gasteiger partial charge in [-0.2, -0.15) is 0 Å². The Morgan fingerprint density at radius 2 is 1.14 bits per heavy atom. The molecule has 3 radical (unpaired) electrons. The minimum absolute atomic E-state index is 0. The topological polar surface area (TPSA) is 326 Å². The van der Waals surface area contributed by atoms with Gasteiger partial charge < -0.3 is 79.5 Å². The molecule has 0 aliphatic rings. The molecule has 0 unspecified atom stereocenters. The van der Waals surface area contributed by atoms with E-state index >= 15 is 0 Å². The number of hydrogen-bond donors (Lipinski definition) is 9. The van der Waals surface area contributed by atoms with Crippen LogP contribution in [0.1, 0.15) is 82.1 Å². The number of urea groups is 2. The maximum atomic E-state index is 11.6. The van der Waals surface area contributed by atoms with E-state index in [9.17, 15) is 33.6 Å². The van der Waals surface area contributed by atoms with Gasteiger partial charge in [0.05, 0.1) is 6.54 Å². The molecule has 0 aromatic heterocycles. The normalized spacial score (nSPS) is 9.24. The predicted molar refractivity (Wildman–Crippen MR) is 247 cm³/mol. The number of halogens is 1. The number of carbonyl (C=O) groups excluding carboxylic acids is 7. The van der Waals surface area contributed by atoms with Crippen LogP contribution in [0.5, 0.6) is 0 Å². The molecule has 0 bridgehead atoms. The third-order valence-corrected chi connectivity index (χ3v) is 5.76. The molecule has 1 rings (SSSR count). The summed E-state index contributed by atoms with van der Waals surface area (Å²) in [6, 6.07) is 8.56. The summed E-state index contributed by atoms with van der Waals surface area (Å²) in [5, 5.41) is 17.3. The summed E-state index contributed by atoms with van der Waals surface area (Å²) in [6.07, 6.45) is 1.79. The van der Waals surface area contributed by atoms with Gasteiger partial charge in [-0.15, -0.1) is 0 Å². The molecule has 0 saturated heterocycles. The quantitative estimate of drug-likeness (QED) is 0.0315. The van der Waals surface area contributed by atoms with Crippen LogP contribution >= 0.6 is 11.6 Å². The van der Waals surface area contributed by atoms with Crippen molar-refractivity contribution in [1.82, 2.24) is 31.1 Å². The zero-order valence-electron chi connectivity index (χ0n) is 39.8. The number of hydrogen-bond acceptors (Lipinski definition) is 14. The molecular formula is C39H80BClN10NaO11. The zero-order chi connectivity index (χ0) is 47.6. The number of benzene rings is 1. The molecule has 1 aromatic carbocycles. The molecule has 363 valence electrons. The third kappa shape index (κ3) is 72.9. The van der Waals surface area contributed by atoms with E-state index in [-0.39, 0.29) is 64.7 Å². The first-order chi connectivity index (χ1) is 27.9. The second-order valence-electron chi connectivity index (χ2n) is 13.9. The number of nitrogens with two attached hydrogens (primary N) is 4. The Morgan fingerprint density at radius 1 is 0.746 bits per heavy atom. The Hall–Kier alpha value is -3.90. The molecule has 0 aliphatic carbocycles. The Bertz CT molecular complexity index is 1290. The van der Waals surface area contributed by atoms with Crippen LogP contribution in [0.3, 0.4) is 0 Å². The van der Waals surface area contributed by atoms with Gasteiger partial charge in [0.1, 0.15) is 24.1 Å². The number of ether oxygens (including phenoxy) is 3. The fourth-order valence-corrected chi connectivity index (χ4v) is 3.13. The van der Waals surface area contributed by atoms with Crippen molar-refractivity contribution in [2.75, 3.05) is 80.1 Å². The average Bonchev–Trinajstić information content (AvgIpc) is 3.14. The third-order valence-electron chi connectivity index (χ3n) is 5.76. The number of aliphatic hydroxyl groups is 1. The molecule has 1 aromatic rings. The summed E-state index contributed by atoms with van der Waals surface area (Å²) in [7, 11) is 4.22. The van der Waals surface area contributed by atoms with Gasteiger partial charge in [-0.1, -0.05) is 37.8 Å². The summed E-state index contributed by atoms with van der Waals surface area (Å²) < 4.78 is 15.2. The van der Waals surface area contributed by atoms with E-state index in [2.05, 4.69) is 32.9 Å². The van der Waals surface area contributed by atoms with Crippen molar-refractivity contribution >= 4 is 61.9 Å². The van der Waals surface area contributed by atoms with E-state index in [0.29, 0.717) is 58.7 Å². The summed E-state index contributed by atoms with van der Waals surface area (Å²) in [4.78, 5) is 76.2. The van der Waals surface area contributed by atoms with Gasteiger partial charge >= 0.3 is 59.9 Å². The molecule has 0 spiro atoms. The Morgan fingerprint density at radius 3 is 1.52 bits per heavy atom. The SMILES string of the molecule is C.CC(=O)Cl.CN(CC=O)C(=O)OC(C)(C)C.CN(CCNCCCNC(N)=O)C(=O)OC(C)(C)C.CO.NCCCNC(=O)OCc1ccccc1.NCCCNC(N)=O.[B].[H-].[Na+]. The van der Waals surface area contributed by atoms with Gasteiger partial charge in [0, 0.05) is 69.3 Å².